The molecule has 0 aliphatic carbocycles. The smallest absolute Gasteiger partial charge is 0.408 e. The summed E-state index contributed by atoms with van der Waals surface area (Å²) in [6.07, 6.45) is -0.518. The van der Waals surface area contributed by atoms with Crippen LogP contribution in [-0.2, 0) is 16.1 Å². The third-order valence-corrected chi connectivity index (χ3v) is 3.79. The quantitative estimate of drug-likeness (QED) is 0.552. The second kappa shape index (κ2) is 8.59. The number of aromatic amines is 1. The number of H-pyrrole nitrogens is 1. The molecular weight excluding hydrogens is 344 g/mol. The van der Waals surface area contributed by atoms with Crippen LogP contribution in [0.5, 0.6) is 0 Å². The van der Waals surface area contributed by atoms with Crippen molar-refractivity contribution in [1.82, 2.24) is 10.3 Å². The summed E-state index contributed by atoms with van der Waals surface area (Å²) in [5, 5.41) is 3.48. The van der Waals surface area contributed by atoms with Gasteiger partial charge in [-0.25, -0.2) is 9.59 Å². The molecule has 0 atom stereocenters. The molecular formula is C21H18N2O4. The van der Waals surface area contributed by atoms with E-state index >= 15 is 0 Å². The summed E-state index contributed by atoms with van der Waals surface area (Å²) in [6.45, 7) is 0.385. The Hall–Kier alpha value is -3.72. The Morgan fingerprint density at radius 1 is 1.11 bits per heavy atom. The van der Waals surface area contributed by atoms with Gasteiger partial charge in [0.05, 0.1) is 13.7 Å². The molecule has 2 N–H and O–H groups in total. The Morgan fingerprint density at radius 3 is 2.70 bits per heavy atom. The molecule has 0 aliphatic rings. The number of alkyl carbamates (subject to hydrolysis) is 1. The molecule has 0 aliphatic heterocycles. The number of fused-ring (bicyclic) bond motifs is 1. The summed E-state index contributed by atoms with van der Waals surface area (Å²) in [7, 11) is 1.34. The lowest BCUT2D eigenvalue weighted by molar-refractivity contribution is 0.0595. The fourth-order valence-electron chi connectivity index (χ4n) is 2.46. The van der Waals surface area contributed by atoms with Crippen LogP contribution in [0, 0.1) is 11.8 Å². The lowest BCUT2D eigenvalue weighted by Gasteiger charge is -2.04. The number of carbonyl (C=O) groups is 2. The highest BCUT2D eigenvalue weighted by molar-refractivity contribution is 5.95. The van der Waals surface area contributed by atoms with Gasteiger partial charge in [-0.15, -0.1) is 0 Å². The van der Waals surface area contributed by atoms with Gasteiger partial charge in [-0.05, 0) is 23.8 Å². The van der Waals surface area contributed by atoms with Gasteiger partial charge in [0.2, 0.25) is 0 Å². The molecule has 1 aromatic heterocycles. The van der Waals surface area contributed by atoms with E-state index in [1.807, 2.05) is 48.5 Å². The number of rotatable bonds is 4. The first kappa shape index (κ1) is 18.1. The summed E-state index contributed by atoms with van der Waals surface area (Å²) in [5.41, 5.74) is 2.86. The Balaban J connectivity index is 1.53. The van der Waals surface area contributed by atoms with Crippen LogP contribution in [0.1, 0.15) is 21.6 Å². The van der Waals surface area contributed by atoms with Crippen LogP contribution >= 0.6 is 0 Å². The van der Waals surface area contributed by atoms with Gasteiger partial charge >= 0.3 is 12.1 Å². The number of carbonyl (C=O) groups excluding carboxylic acids is 2. The monoisotopic (exact) mass is 362 g/mol. The zero-order valence-corrected chi connectivity index (χ0v) is 14.7. The summed E-state index contributed by atoms with van der Waals surface area (Å²) in [4.78, 5) is 26.2. The fourth-order valence-corrected chi connectivity index (χ4v) is 2.46. The zero-order chi connectivity index (χ0) is 19.1. The van der Waals surface area contributed by atoms with Crippen LogP contribution in [0.15, 0.2) is 54.6 Å². The van der Waals surface area contributed by atoms with Gasteiger partial charge in [-0.3, -0.25) is 0 Å². The van der Waals surface area contributed by atoms with Gasteiger partial charge in [-0.2, -0.15) is 0 Å². The molecule has 0 bridgehead atoms. The van der Waals surface area contributed by atoms with E-state index in [0.29, 0.717) is 5.69 Å². The molecule has 136 valence electrons. The Kier molecular flexibility index (Phi) is 5.75. The van der Waals surface area contributed by atoms with Crippen LogP contribution in [0.3, 0.4) is 0 Å². The van der Waals surface area contributed by atoms with E-state index in [0.717, 1.165) is 22.0 Å². The number of hydrogen-bond acceptors (Lipinski definition) is 4. The molecule has 27 heavy (non-hydrogen) atoms. The topological polar surface area (TPSA) is 80.4 Å². The van der Waals surface area contributed by atoms with E-state index in [2.05, 4.69) is 22.1 Å². The summed E-state index contributed by atoms with van der Waals surface area (Å²) >= 11 is 0. The van der Waals surface area contributed by atoms with Gasteiger partial charge in [0.15, 0.2) is 0 Å². The first-order valence-corrected chi connectivity index (χ1v) is 8.30. The molecule has 3 rings (SSSR count). The van der Waals surface area contributed by atoms with Crippen molar-refractivity contribution in [2.45, 2.75) is 6.61 Å². The lowest BCUT2D eigenvalue weighted by atomic mass is 10.1. The first-order chi connectivity index (χ1) is 13.2. The third kappa shape index (κ3) is 4.89. The second-order valence-electron chi connectivity index (χ2n) is 5.69. The van der Waals surface area contributed by atoms with Gasteiger partial charge in [-0.1, -0.05) is 48.2 Å². The number of esters is 1. The standard InChI is InChI=1S/C21H18N2O4/c1-26-20(24)19-13-17-10-9-15(12-18(17)23-19)8-5-11-22-21(25)27-14-16-6-3-2-4-7-16/h2-4,6-7,9-10,12-13,23H,11,14H2,1H3,(H,22,25). The number of amides is 1. The first-order valence-electron chi connectivity index (χ1n) is 8.30. The number of hydrogen-bond donors (Lipinski definition) is 2. The van der Waals surface area contributed by atoms with Crippen LogP contribution in [0.4, 0.5) is 4.79 Å². The molecule has 0 fully saturated rings. The van der Waals surface area contributed by atoms with E-state index in [-0.39, 0.29) is 13.2 Å². The van der Waals surface area contributed by atoms with Crippen molar-refractivity contribution in [2.24, 2.45) is 0 Å². The summed E-state index contributed by atoms with van der Waals surface area (Å²) in [5.74, 6) is 5.41. The van der Waals surface area contributed by atoms with E-state index < -0.39 is 12.1 Å². The number of aromatic nitrogens is 1. The minimum atomic E-state index is -0.518. The second-order valence-corrected chi connectivity index (χ2v) is 5.69. The number of methoxy groups -OCH3 is 1. The fraction of sp³-hybridized carbons (Fsp3) is 0.143. The van der Waals surface area contributed by atoms with Gasteiger partial charge in [0, 0.05) is 16.5 Å². The minimum absolute atomic E-state index is 0.170. The zero-order valence-electron chi connectivity index (χ0n) is 14.7. The molecule has 3 aromatic rings. The van der Waals surface area contributed by atoms with E-state index in [9.17, 15) is 9.59 Å². The van der Waals surface area contributed by atoms with Crippen LogP contribution in [0.25, 0.3) is 10.9 Å². The highest BCUT2D eigenvalue weighted by Crippen LogP contribution is 2.17. The number of nitrogens with one attached hydrogen (secondary N) is 2. The molecule has 1 heterocycles. The van der Waals surface area contributed by atoms with Gasteiger partial charge < -0.3 is 19.8 Å². The van der Waals surface area contributed by atoms with Gasteiger partial charge in [0.1, 0.15) is 12.3 Å². The Labute approximate surface area is 156 Å². The van der Waals surface area contributed by atoms with E-state index in [1.165, 1.54) is 7.11 Å². The molecule has 2 aromatic carbocycles. The molecule has 0 saturated heterocycles. The van der Waals surface area contributed by atoms with Crippen molar-refractivity contribution >= 4 is 23.0 Å². The highest BCUT2D eigenvalue weighted by atomic mass is 16.5. The maximum absolute atomic E-state index is 11.6. The van der Waals surface area contributed by atoms with Crippen LogP contribution in [0.2, 0.25) is 0 Å². The third-order valence-electron chi connectivity index (χ3n) is 3.79. The van der Waals surface area contributed by atoms with Crippen molar-refractivity contribution in [2.75, 3.05) is 13.7 Å². The predicted octanol–water partition coefficient (Wildman–Crippen LogP) is 3.23. The van der Waals surface area contributed by atoms with Crippen molar-refractivity contribution < 1.29 is 19.1 Å². The van der Waals surface area contributed by atoms with Crippen molar-refractivity contribution in [3.8, 4) is 11.8 Å². The molecule has 6 heteroatoms. The molecule has 1 amide bonds. The van der Waals surface area contributed by atoms with Crippen molar-refractivity contribution in [3.63, 3.8) is 0 Å². The SMILES string of the molecule is COC(=O)c1cc2ccc(C#CCNC(=O)OCc3ccccc3)cc2[nH]1. The Morgan fingerprint density at radius 2 is 1.93 bits per heavy atom. The average Bonchev–Trinajstić information content (AvgIpc) is 3.13. The molecule has 0 unspecified atom stereocenters. The summed E-state index contributed by atoms with van der Waals surface area (Å²) in [6, 6.07) is 16.7. The minimum Gasteiger partial charge on any atom is -0.464 e. The molecule has 6 nitrogen and oxygen atoms in total. The largest absolute Gasteiger partial charge is 0.464 e. The predicted molar refractivity (Wildman–Crippen MR) is 101 cm³/mol. The van der Waals surface area contributed by atoms with Gasteiger partial charge in [0.25, 0.3) is 0 Å². The maximum Gasteiger partial charge on any atom is 0.408 e. The van der Waals surface area contributed by atoms with E-state index in [1.54, 1.807) is 6.07 Å². The Bertz CT molecular complexity index is 1010. The summed E-state index contributed by atoms with van der Waals surface area (Å²) < 4.78 is 9.80. The highest BCUT2D eigenvalue weighted by Gasteiger charge is 2.09. The lowest BCUT2D eigenvalue weighted by Crippen LogP contribution is -2.24. The molecule has 0 saturated carbocycles. The van der Waals surface area contributed by atoms with Crippen molar-refractivity contribution in [1.29, 1.82) is 0 Å². The number of benzene rings is 2. The maximum atomic E-state index is 11.6. The molecule has 0 radical (unpaired) electrons. The molecule has 0 spiro atoms. The normalized spacial score (nSPS) is 9.96. The number of ether oxygens (including phenoxy) is 2. The van der Waals surface area contributed by atoms with Crippen molar-refractivity contribution in [3.05, 3.63) is 71.4 Å². The van der Waals surface area contributed by atoms with E-state index in [4.69, 9.17) is 9.47 Å². The van der Waals surface area contributed by atoms with Crippen LogP contribution < -0.4 is 5.32 Å². The van der Waals surface area contributed by atoms with Crippen LogP contribution in [-0.4, -0.2) is 30.7 Å². The average molecular weight is 362 g/mol.